The molecule has 0 saturated heterocycles. The molecule has 0 radical (unpaired) electrons. The van der Waals surface area contributed by atoms with E-state index < -0.39 is 0 Å². The van der Waals surface area contributed by atoms with Crippen LogP contribution in [0.25, 0.3) is 0 Å². The summed E-state index contributed by atoms with van der Waals surface area (Å²) in [5, 5.41) is 3.59. The van der Waals surface area contributed by atoms with Crippen LogP contribution in [-0.4, -0.2) is 44.1 Å². The number of ether oxygens (including phenoxy) is 1. The number of hydrogen-bond donors (Lipinski definition) is 1. The monoisotopic (exact) mass is 270 g/mol. The molecule has 0 saturated carbocycles. The number of likely N-dealkylation sites (N-methyl/N-ethyl adjacent to an activating group) is 2. The van der Waals surface area contributed by atoms with E-state index in [1.807, 2.05) is 6.92 Å². The zero-order valence-corrected chi connectivity index (χ0v) is 11.7. The van der Waals surface area contributed by atoms with Crippen LogP contribution in [0.15, 0.2) is 24.3 Å². The maximum Gasteiger partial charge on any atom is 0.239 e. The molecule has 0 bridgehead atoms. The van der Waals surface area contributed by atoms with E-state index in [0.717, 1.165) is 5.75 Å². The molecule has 1 aromatic rings. The van der Waals surface area contributed by atoms with Gasteiger partial charge in [0.15, 0.2) is 0 Å². The Bertz CT molecular complexity index is 381. The van der Waals surface area contributed by atoms with Gasteiger partial charge in [0.2, 0.25) is 5.91 Å². The van der Waals surface area contributed by atoms with Gasteiger partial charge in [0.25, 0.3) is 0 Å². The molecule has 1 unspecified atom stereocenters. The highest BCUT2D eigenvalue weighted by Crippen LogP contribution is 2.15. The molecule has 18 heavy (non-hydrogen) atoms. The van der Waals surface area contributed by atoms with Gasteiger partial charge in [0, 0.05) is 12.1 Å². The van der Waals surface area contributed by atoms with Gasteiger partial charge in [-0.2, -0.15) is 0 Å². The van der Waals surface area contributed by atoms with Crippen molar-refractivity contribution in [1.29, 1.82) is 0 Å². The lowest BCUT2D eigenvalue weighted by molar-refractivity contribution is -0.131. The van der Waals surface area contributed by atoms with Gasteiger partial charge in [-0.3, -0.25) is 4.79 Å². The van der Waals surface area contributed by atoms with Crippen LogP contribution in [-0.2, 0) is 4.79 Å². The molecule has 0 aliphatic carbocycles. The molecule has 0 heterocycles. The lowest BCUT2D eigenvalue weighted by Crippen LogP contribution is -2.43. The fraction of sp³-hybridized carbons (Fsp3) is 0.462. The van der Waals surface area contributed by atoms with Crippen LogP contribution in [0.4, 0.5) is 0 Å². The van der Waals surface area contributed by atoms with Gasteiger partial charge in [-0.1, -0.05) is 11.6 Å². The molecule has 0 aromatic heterocycles. The second-order valence-electron chi connectivity index (χ2n) is 4.07. The molecule has 1 N–H and O–H groups in total. The number of hydrogen-bond acceptors (Lipinski definition) is 3. The van der Waals surface area contributed by atoms with Crippen molar-refractivity contribution < 1.29 is 9.53 Å². The summed E-state index contributed by atoms with van der Waals surface area (Å²) in [5.74, 6) is 0.805. The molecule has 0 aliphatic heterocycles. The average molecular weight is 271 g/mol. The largest absolute Gasteiger partial charge is 0.492 e. The molecule has 0 fully saturated rings. The second kappa shape index (κ2) is 7.24. The molecular formula is C13H19ClN2O2. The normalized spacial score (nSPS) is 12.0. The molecule has 0 aliphatic rings. The minimum Gasteiger partial charge on any atom is -0.492 e. The van der Waals surface area contributed by atoms with Crippen molar-refractivity contribution in [1.82, 2.24) is 10.2 Å². The van der Waals surface area contributed by atoms with Crippen molar-refractivity contribution in [2.45, 2.75) is 13.0 Å². The number of rotatable bonds is 6. The van der Waals surface area contributed by atoms with Crippen molar-refractivity contribution in [3.05, 3.63) is 29.3 Å². The van der Waals surface area contributed by atoms with Crippen LogP contribution < -0.4 is 10.1 Å². The van der Waals surface area contributed by atoms with Crippen LogP contribution in [0.1, 0.15) is 6.92 Å². The van der Waals surface area contributed by atoms with Gasteiger partial charge in [-0.05, 0) is 38.2 Å². The minimum atomic E-state index is -0.175. The highest BCUT2D eigenvalue weighted by atomic mass is 35.5. The SMILES string of the molecule is CNC(C)C(=O)N(C)CCOc1ccc(Cl)cc1. The molecule has 0 spiro atoms. The molecule has 1 rings (SSSR count). The average Bonchev–Trinajstić information content (AvgIpc) is 2.39. The van der Waals surface area contributed by atoms with E-state index in [9.17, 15) is 4.79 Å². The molecule has 100 valence electrons. The number of halogens is 1. The van der Waals surface area contributed by atoms with Gasteiger partial charge >= 0.3 is 0 Å². The van der Waals surface area contributed by atoms with Gasteiger partial charge in [0.1, 0.15) is 12.4 Å². The first-order valence-electron chi connectivity index (χ1n) is 5.85. The zero-order valence-electron chi connectivity index (χ0n) is 10.9. The number of benzene rings is 1. The highest BCUT2D eigenvalue weighted by Gasteiger charge is 2.14. The third-order valence-corrected chi connectivity index (χ3v) is 2.94. The summed E-state index contributed by atoms with van der Waals surface area (Å²) in [6, 6.07) is 6.98. The van der Waals surface area contributed by atoms with E-state index in [1.165, 1.54) is 0 Å². The van der Waals surface area contributed by atoms with Gasteiger partial charge in [-0.15, -0.1) is 0 Å². The summed E-state index contributed by atoms with van der Waals surface area (Å²) in [5.41, 5.74) is 0. The molecule has 4 nitrogen and oxygen atoms in total. The fourth-order valence-corrected chi connectivity index (χ4v) is 1.52. The molecular weight excluding hydrogens is 252 g/mol. The summed E-state index contributed by atoms with van der Waals surface area (Å²) in [6.07, 6.45) is 0. The Morgan fingerprint density at radius 2 is 2.06 bits per heavy atom. The first-order valence-corrected chi connectivity index (χ1v) is 6.23. The van der Waals surface area contributed by atoms with Crippen molar-refractivity contribution in [2.24, 2.45) is 0 Å². The summed E-state index contributed by atoms with van der Waals surface area (Å²) < 4.78 is 5.52. The number of nitrogens with one attached hydrogen (secondary N) is 1. The Hall–Kier alpha value is -1.26. The van der Waals surface area contributed by atoms with E-state index in [4.69, 9.17) is 16.3 Å². The quantitative estimate of drug-likeness (QED) is 0.857. The predicted octanol–water partition coefficient (Wildman–Crippen LogP) is 1.79. The maximum absolute atomic E-state index is 11.8. The van der Waals surface area contributed by atoms with Gasteiger partial charge < -0.3 is 15.0 Å². The molecule has 1 atom stereocenters. The lowest BCUT2D eigenvalue weighted by Gasteiger charge is -2.21. The summed E-state index contributed by atoms with van der Waals surface area (Å²) >= 11 is 5.77. The van der Waals surface area contributed by atoms with E-state index in [2.05, 4.69) is 5.32 Å². The Morgan fingerprint density at radius 3 is 2.61 bits per heavy atom. The minimum absolute atomic E-state index is 0.0530. The van der Waals surface area contributed by atoms with Crippen LogP contribution in [0.2, 0.25) is 5.02 Å². The van der Waals surface area contributed by atoms with Gasteiger partial charge in [0.05, 0.1) is 12.6 Å². The Morgan fingerprint density at radius 1 is 1.44 bits per heavy atom. The standard InChI is InChI=1S/C13H19ClN2O2/c1-10(15-2)13(17)16(3)8-9-18-12-6-4-11(14)5-7-12/h4-7,10,15H,8-9H2,1-3H3. The number of carbonyl (C=O) groups excluding carboxylic acids is 1. The van der Waals surface area contributed by atoms with Crippen LogP contribution in [0.5, 0.6) is 5.75 Å². The first-order chi connectivity index (χ1) is 8.54. The number of carbonyl (C=O) groups is 1. The third-order valence-electron chi connectivity index (χ3n) is 2.69. The van der Waals surface area contributed by atoms with E-state index in [-0.39, 0.29) is 11.9 Å². The van der Waals surface area contributed by atoms with Crippen molar-refractivity contribution in [3.8, 4) is 5.75 Å². The zero-order chi connectivity index (χ0) is 13.5. The fourth-order valence-electron chi connectivity index (χ4n) is 1.40. The predicted molar refractivity (Wildman–Crippen MR) is 73.1 cm³/mol. The highest BCUT2D eigenvalue weighted by molar-refractivity contribution is 6.30. The molecule has 5 heteroatoms. The van der Waals surface area contributed by atoms with Gasteiger partial charge in [-0.25, -0.2) is 0 Å². The van der Waals surface area contributed by atoms with E-state index >= 15 is 0 Å². The number of amides is 1. The summed E-state index contributed by atoms with van der Waals surface area (Å²) in [6.45, 7) is 2.84. The lowest BCUT2D eigenvalue weighted by atomic mass is 10.3. The van der Waals surface area contributed by atoms with Crippen LogP contribution in [0.3, 0.4) is 0 Å². The van der Waals surface area contributed by atoms with Crippen molar-refractivity contribution in [3.63, 3.8) is 0 Å². The molecule has 1 amide bonds. The topological polar surface area (TPSA) is 41.6 Å². The molecule has 1 aromatic carbocycles. The number of nitrogens with zero attached hydrogens (tertiary/aromatic N) is 1. The Balaban J connectivity index is 2.33. The van der Waals surface area contributed by atoms with Crippen LogP contribution in [0, 0.1) is 0 Å². The second-order valence-corrected chi connectivity index (χ2v) is 4.51. The van der Waals surface area contributed by atoms with E-state index in [0.29, 0.717) is 18.2 Å². The summed E-state index contributed by atoms with van der Waals surface area (Å²) in [4.78, 5) is 13.4. The van der Waals surface area contributed by atoms with Crippen molar-refractivity contribution in [2.75, 3.05) is 27.2 Å². The Labute approximate surface area is 113 Å². The maximum atomic E-state index is 11.8. The first kappa shape index (κ1) is 14.8. The third kappa shape index (κ3) is 4.55. The summed E-state index contributed by atoms with van der Waals surface area (Å²) in [7, 11) is 3.53. The van der Waals surface area contributed by atoms with Crippen LogP contribution >= 0.6 is 11.6 Å². The Kier molecular flexibility index (Phi) is 5.95. The van der Waals surface area contributed by atoms with Crippen molar-refractivity contribution >= 4 is 17.5 Å². The van der Waals surface area contributed by atoms with E-state index in [1.54, 1.807) is 43.3 Å². The smallest absolute Gasteiger partial charge is 0.239 e.